The molecule has 0 aliphatic heterocycles. The molecule has 6 heteroatoms. The maximum atomic E-state index is 9.75. The van der Waals surface area contributed by atoms with Crippen LogP contribution in [0, 0.1) is 31.1 Å². The first-order valence-electron chi connectivity index (χ1n) is 10.0. The Kier molecular flexibility index (Phi) is 6.69. The molecule has 156 valence electrons. The summed E-state index contributed by atoms with van der Waals surface area (Å²) in [5.41, 5.74) is 5.22. The van der Waals surface area contributed by atoms with Crippen molar-refractivity contribution in [1.82, 2.24) is 9.97 Å². The van der Waals surface area contributed by atoms with Gasteiger partial charge in [-0.3, -0.25) is 0 Å². The summed E-state index contributed by atoms with van der Waals surface area (Å²) in [5, 5.41) is 10.2. The molecule has 1 heterocycles. The summed E-state index contributed by atoms with van der Waals surface area (Å²) >= 11 is 6.48. The first-order chi connectivity index (χ1) is 14.3. The molecule has 1 N–H and O–H groups in total. The molecular formula is C24H26ClN3O2. The van der Waals surface area contributed by atoms with Crippen LogP contribution in [0.2, 0.25) is 5.02 Å². The molecule has 0 saturated heterocycles. The predicted molar refractivity (Wildman–Crippen MR) is 122 cm³/mol. The van der Waals surface area contributed by atoms with E-state index in [1.165, 1.54) is 5.56 Å². The average Bonchev–Trinajstić information content (AvgIpc) is 3.08. The number of hydrogen-bond donors (Lipinski definition) is 1. The molecule has 0 saturated carbocycles. The summed E-state index contributed by atoms with van der Waals surface area (Å²) in [6.45, 7) is 11.2. The summed E-state index contributed by atoms with van der Waals surface area (Å²) < 4.78 is 11.6. The van der Waals surface area contributed by atoms with Gasteiger partial charge in [-0.15, -0.1) is 0 Å². The number of ether oxygens (including phenoxy) is 2. The molecule has 0 aliphatic rings. The van der Waals surface area contributed by atoms with Crippen LogP contribution in [0.1, 0.15) is 43.3 Å². The van der Waals surface area contributed by atoms with Gasteiger partial charge in [-0.1, -0.05) is 25.4 Å². The normalized spacial score (nSPS) is 11.7. The van der Waals surface area contributed by atoms with Crippen molar-refractivity contribution in [1.29, 1.82) is 5.26 Å². The number of aromatic nitrogens is 2. The lowest BCUT2D eigenvalue weighted by Crippen LogP contribution is -2.07. The highest BCUT2D eigenvalue weighted by molar-refractivity contribution is 6.32. The smallest absolute Gasteiger partial charge is 0.179 e. The van der Waals surface area contributed by atoms with Crippen LogP contribution in [0.5, 0.6) is 11.5 Å². The minimum atomic E-state index is 0.362. The fourth-order valence-corrected chi connectivity index (χ4v) is 3.32. The number of nitrogens with one attached hydrogen (secondary N) is 1. The Morgan fingerprint density at radius 2 is 1.93 bits per heavy atom. The summed E-state index contributed by atoms with van der Waals surface area (Å²) in [6.07, 6.45) is 1.75. The molecule has 1 aromatic heterocycles. The second kappa shape index (κ2) is 9.23. The van der Waals surface area contributed by atoms with Gasteiger partial charge in [-0.05, 0) is 73.7 Å². The third-order valence-electron chi connectivity index (χ3n) is 4.68. The number of halogens is 1. The number of benzene rings is 2. The van der Waals surface area contributed by atoms with Crippen LogP contribution < -0.4 is 9.47 Å². The lowest BCUT2D eigenvalue weighted by atomic mass is 10.1. The molecule has 0 unspecified atom stereocenters. The Bertz CT molecular complexity index is 1100. The number of aryl methyl sites for hydroxylation is 2. The van der Waals surface area contributed by atoms with E-state index in [-0.39, 0.29) is 0 Å². The molecule has 0 bridgehead atoms. The number of aromatic amines is 1. The zero-order chi connectivity index (χ0) is 21.8. The number of hydrogen-bond acceptors (Lipinski definition) is 4. The Labute approximate surface area is 182 Å². The molecular weight excluding hydrogens is 398 g/mol. The van der Waals surface area contributed by atoms with E-state index in [1.54, 1.807) is 12.1 Å². The third-order valence-corrected chi connectivity index (χ3v) is 4.96. The molecule has 0 radical (unpaired) electrons. The third kappa shape index (κ3) is 4.77. The van der Waals surface area contributed by atoms with Crippen molar-refractivity contribution >= 4 is 34.3 Å². The number of nitrogens with zero attached hydrogens (tertiary/aromatic N) is 2. The van der Waals surface area contributed by atoms with Crippen molar-refractivity contribution in [3.63, 3.8) is 0 Å². The van der Waals surface area contributed by atoms with Crippen LogP contribution >= 0.6 is 11.6 Å². The average molecular weight is 424 g/mol. The van der Waals surface area contributed by atoms with Gasteiger partial charge in [0, 0.05) is 0 Å². The van der Waals surface area contributed by atoms with Crippen molar-refractivity contribution in [2.24, 2.45) is 5.92 Å². The summed E-state index contributed by atoms with van der Waals surface area (Å²) in [6, 6.07) is 9.90. The minimum Gasteiger partial charge on any atom is -0.490 e. The Balaban J connectivity index is 2.02. The molecule has 0 amide bonds. The molecule has 3 aromatic rings. The minimum absolute atomic E-state index is 0.362. The second-order valence-electron chi connectivity index (χ2n) is 7.68. The van der Waals surface area contributed by atoms with Crippen molar-refractivity contribution < 1.29 is 9.47 Å². The maximum Gasteiger partial charge on any atom is 0.179 e. The Morgan fingerprint density at radius 3 is 2.60 bits per heavy atom. The fraction of sp³-hybridized carbons (Fsp3) is 0.333. The zero-order valence-electron chi connectivity index (χ0n) is 18.0. The first-order valence-corrected chi connectivity index (χ1v) is 10.4. The van der Waals surface area contributed by atoms with Gasteiger partial charge in [-0.25, -0.2) is 4.98 Å². The number of imidazole rings is 1. The van der Waals surface area contributed by atoms with E-state index in [1.807, 2.05) is 32.0 Å². The highest BCUT2D eigenvalue weighted by Gasteiger charge is 2.15. The molecule has 0 spiro atoms. The van der Waals surface area contributed by atoms with Crippen molar-refractivity contribution in [3.8, 4) is 17.6 Å². The van der Waals surface area contributed by atoms with Gasteiger partial charge in [0.15, 0.2) is 11.5 Å². The quantitative estimate of drug-likeness (QED) is 0.450. The number of H-pyrrole nitrogens is 1. The second-order valence-corrected chi connectivity index (χ2v) is 8.08. The zero-order valence-corrected chi connectivity index (χ0v) is 18.7. The van der Waals surface area contributed by atoms with Gasteiger partial charge in [0.25, 0.3) is 0 Å². The van der Waals surface area contributed by atoms with Crippen molar-refractivity contribution in [2.75, 3.05) is 13.2 Å². The van der Waals surface area contributed by atoms with Gasteiger partial charge >= 0.3 is 0 Å². The SMILES string of the molecule is CCOc1cc(/C=C(/C#N)c2nc3cc(C)c(C)cc3[nH]2)cc(Cl)c1OCC(C)C. The van der Waals surface area contributed by atoms with E-state index in [0.29, 0.717) is 47.1 Å². The number of rotatable bonds is 7. The standard InChI is InChI=1S/C24H26ClN3O2/c1-6-29-22-11-17(10-19(25)23(22)30-13-14(2)3)9-18(12-26)24-27-20-7-15(4)16(5)8-21(20)28-24/h7-11,14H,6,13H2,1-5H3,(H,27,28)/b18-9-. The first kappa shape index (κ1) is 21.7. The summed E-state index contributed by atoms with van der Waals surface area (Å²) in [7, 11) is 0. The van der Waals surface area contributed by atoms with Gasteiger partial charge in [-0.2, -0.15) is 5.26 Å². The fourth-order valence-electron chi connectivity index (χ4n) is 3.04. The molecule has 5 nitrogen and oxygen atoms in total. The van der Waals surface area contributed by atoms with E-state index in [0.717, 1.165) is 22.2 Å². The summed E-state index contributed by atoms with van der Waals surface area (Å²) in [5.74, 6) is 1.97. The van der Waals surface area contributed by atoms with Crippen LogP contribution in [-0.4, -0.2) is 23.2 Å². The van der Waals surface area contributed by atoms with Crippen LogP contribution in [-0.2, 0) is 0 Å². The van der Waals surface area contributed by atoms with E-state index in [9.17, 15) is 5.26 Å². The van der Waals surface area contributed by atoms with E-state index in [2.05, 4.69) is 36.8 Å². The van der Waals surface area contributed by atoms with Crippen molar-refractivity contribution in [3.05, 3.63) is 51.8 Å². The predicted octanol–water partition coefficient (Wildman–Crippen LogP) is 6.33. The highest BCUT2D eigenvalue weighted by atomic mass is 35.5. The number of fused-ring (bicyclic) bond motifs is 1. The molecule has 0 fully saturated rings. The van der Waals surface area contributed by atoms with Crippen molar-refractivity contribution in [2.45, 2.75) is 34.6 Å². The Morgan fingerprint density at radius 1 is 1.20 bits per heavy atom. The van der Waals surface area contributed by atoms with Gasteiger partial charge in [0.2, 0.25) is 0 Å². The number of allylic oxidation sites excluding steroid dienone is 1. The number of nitriles is 1. The van der Waals surface area contributed by atoms with Crippen LogP contribution in [0.15, 0.2) is 24.3 Å². The molecule has 2 aromatic carbocycles. The lowest BCUT2D eigenvalue weighted by molar-refractivity contribution is 0.248. The Hall–Kier alpha value is -2.97. The summed E-state index contributed by atoms with van der Waals surface area (Å²) in [4.78, 5) is 7.84. The lowest BCUT2D eigenvalue weighted by Gasteiger charge is -2.15. The maximum absolute atomic E-state index is 9.75. The largest absolute Gasteiger partial charge is 0.490 e. The molecule has 3 rings (SSSR count). The van der Waals surface area contributed by atoms with Gasteiger partial charge in [0.05, 0.1) is 34.8 Å². The van der Waals surface area contributed by atoms with Crippen LogP contribution in [0.3, 0.4) is 0 Å². The molecule has 0 aliphatic carbocycles. The van der Waals surface area contributed by atoms with E-state index >= 15 is 0 Å². The van der Waals surface area contributed by atoms with E-state index in [4.69, 9.17) is 21.1 Å². The van der Waals surface area contributed by atoms with E-state index < -0.39 is 0 Å². The van der Waals surface area contributed by atoms with Crippen LogP contribution in [0.25, 0.3) is 22.7 Å². The topological polar surface area (TPSA) is 70.9 Å². The monoisotopic (exact) mass is 423 g/mol. The molecule has 0 atom stereocenters. The van der Waals surface area contributed by atoms with Gasteiger partial charge in [0.1, 0.15) is 11.9 Å². The van der Waals surface area contributed by atoms with Crippen LogP contribution in [0.4, 0.5) is 0 Å². The van der Waals surface area contributed by atoms with Gasteiger partial charge < -0.3 is 14.5 Å². The highest BCUT2D eigenvalue weighted by Crippen LogP contribution is 2.38. The molecule has 30 heavy (non-hydrogen) atoms.